The Morgan fingerprint density at radius 3 is 2.83 bits per heavy atom. The van der Waals surface area contributed by atoms with Gasteiger partial charge >= 0.3 is 0 Å². The van der Waals surface area contributed by atoms with E-state index in [0.29, 0.717) is 25.4 Å². The van der Waals surface area contributed by atoms with Crippen molar-refractivity contribution in [3.63, 3.8) is 0 Å². The van der Waals surface area contributed by atoms with Crippen molar-refractivity contribution in [2.75, 3.05) is 19.8 Å². The van der Waals surface area contributed by atoms with E-state index in [9.17, 15) is 4.79 Å². The van der Waals surface area contributed by atoms with Gasteiger partial charge in [-0.25, -0.2) is 9.97 Å². The van der Waals surface area contributed by atoms with Crippen LogP contribution in [0.25, 0.3) is 10.6 Å². The van der Waals surface area contributed by atoms with Gasteiger partial charge < -0.3 is 14.1 Å². The molecule has 4 heterocycles. The maximum absolute atomic E-state index is 12.8. The van der Waals surface area contributed by atoms with Gasteiger partial charge in [-0.15, -0.1) is 11.3 Å². The van der Waals surface area contributed by atoms with Gasteiger partial charge in [-0.3, -0.25) is 4.79 Å². The number of benzene rings is 1. The average Bonchev–Trinajstić information content (AvgIpc) is 3.41. The number of hydrogen-bond donors (Lipinski definition) is 0. The quantitative estimate of drug-likeness (QED) is 0.655. The molecule has 6 nitrogen and oxygen atoms in total. The Bertz CT molecular complexity index is 992. The molecule has 1 fully saturated rings. The summed E-state index contributed by atoms with van der Waals surface area (Å²) in [6.45, 7) is 2.72. The molecule has 1 amide bonds. The third kappa shape index (κ3) is 3.97. The molecular weight excluding hydrogens is 386 g/mol. The molecule has 1 saturated heterocycles. The Morgan fingerprint density at radius 1 is 1.17 bits per heavy atom. The van der Waals surface area contributed by atoms with Gasteiger partial charge in [0.15, 0.2) is 5.89 Å². The first kappa shape index (κ1) is 18.5. The van der Waals surface area contributed by atoms with Crippen molar-refractivity contribution in [1.82, 2.24) is 14.9 Å². The number of nitrogens with zero attached hydrogens (tertiary/aromatic N) is 3. The highest BCUT2D eigenvalue weighted by Crippen LogP contribution is 2.30. The van der Waals surface area contributed by atoms with Crippen LogP contribution in [0, 0.1) is 0 Å². The molecule has 1 aromatic carbocycles. The lowest BCUT2D eigenvalue weighted by Crippen LogP contribution is -2.36. The summed E-state index contributed by atoms with van der Waals surface area (Å²) in [5.41, 5.74) is 2.82. The second kappa shape index (κ2) is 8.08. The lowest BCUT2D eigenvalue weighted by Gasteiger charge is -2.25. The van der Waals surface area contributed by atoms with Crippen molar-refractivity contribution < 1.29 is 13.9 Å². The third-order valence-electron chi connectivity index (χ3n) is 5.57. The fourth-order valence-electron chi connectivity index (χ4n) is 3.92. The summed E-state index contributed by atoms with van der Waals surface area (Å²) >= 11 is 1.58. The second-order valence-electron chi connectivity index (χ2n) is 7.56. The summed E-state index contributed by atoms with van der Waals surface area (Å²) < 4.78 is 11.5. The number of fused-ring (bicyclic) bond motifs is 1. The first-order valence-electron chi connectivity index (χ1n) is 10.1. The third-order valence-corrected chi connectivity index (χ3v) is 6.51. The first-order valence-corrected chi connectivity index (χ1v) is 11.0. The minimum absolute atomic E-state index is 0.0937. The predicted octanol–water partition coefficient (Wildman–Crippen LogP) is 3.82. The van der Waals surface area contributed by atoms with Gasteiger partial charge in [-0.05, 0) is 12.8 Å². The Morgan fingerprint density at radius 2 is 2.00 bits per heavy atom. The molecular formula is C22H23N3O3S. The topological polar surface area (TPSA) is 68.5 Å². The van der Waals surface area contributed by atoms with E-state index in [0.717, 1.165) is 66.1 Å². The number of hydrogen-bond acceptors (Lipinski definition) is 6. The number of oxazole rings is 1. The molecule has 3 aromatic rings. The van der Waals surface area contributed by atoms with Crippen molar-refractivity contribution >= 4 is 17.2 Å². The normalized spacial score (nSPS) is 17.3. The van der Waals surface area contributed by atoms with Gasteiger partial charge in [0.25, 0.3) is 0 Å². The standard InChI is InChI=1S/C22H23N3O3S/c26-20(12-17-14-29-22(23-17)16-4-2-1-3-5-16)25-9-6-19-18(13-25)24-21(28-19)15-7-10-27-11-8-15/h1-5,14-15H,6-13H2. The molecule has 2 aliphatic heterocycles. The smallest absolute Gasteiger partial charge is 0.228 e. The van der Waals surface area contributed by atoms with Crippen molar-refractivity contribution in [2.24, 2.45) is 0 Å². The summed E-state index contributed by atoms with van der Waals surface area (Å²) in [5.74, 6) is 2.19. The van der Waals surface area contributed by atoms with E-state index in [1.165, 1.54) is 0 Å². The van der Waals surface area contributed by atoms with Crippen LogP contribution in [-0.2, 0) is 28.9 Å². The van der Waals surface area contributed by atoms with E-state index < -0.39 is 0 Å². The molecule has 0 aliphatic carbocycles. The molecule has 5 rings (SSSR count). The summed E-state index contributed by atoms with van der Waals surface area (Å²) in [5, 5.41) is 2.93. The first-order chi connectivity index (χ1) is 14.3. The molecule has 2 aliphatic rings. The van der Waals surface area contributed by atoms with Crippen LogP contribution in [0.2, 0.25) is 0 Å². The van der Waals surface area contributed by atoms with Crippen molar-refractivity contribution in [2.45, 2.75) is 38.1 Å². The molecule has 29 heavy (non-hydrogen) atoms. The van der Waals surface area contributed by atoms with Gasteiger partial charge in [-0.1, -0.05) is 30.3 Å². The van der Waals surface area contributed by atoms with Gasteiger partial charge in [0.1, 0.15) is 16.5 Å². The number of amides is 1. The van der Waals surface area contributed by atoms with E-state index in [1.54, 1.807) is 11.3 Å². The lowest BCUT2D eigenvalue weighted by atomic mass is 10.0. The van der Waals surface area contributed by atoms with Crippen LogP contribution in [0.3, 0.4) is 0 Å². The van der Waals surface area contributed by atoms with Crippen LogP contribution < -0.4 is 0 Å². The molecule has 0 N–H and O–H groups in total. The van der Waals surface area contributed by atoms with Gasteiger partial charge in [-0.2, -0.15) is 0 Å². The Kier molecular flexibility index (Phi) is 5.16. The van der Waals surface area contributed by atoms with Crippen LogP contribution in [0.15, 0.2) is 40.1 Å². The largest absolute Gasteiger partial charge is 0.445 e. The van der Waals surface area contributed by atoms with Crippen LogP contribution in [0.1, 0.15) is 41.8 Å². The molecule has 0 saturated carbocycles. The number of rotatable bonds is 4. The lowest BCUT2D eigenvalue weighted by molar-refractivity contribution is -0.131. The fourth-order valence-corrected chi connectivity index (χ4v) is 4.74. The Labute approximate surface area is 173 Å². The number of aromatic nitrogens is 2. The molecule has 2 aromatic heterocycles. The molecule has 0 radical (unpaired) electrons. The monoisotopic (exact) mass is 409 g/mol. The highest BCUT2D eigenvalue weighted by atomic mass is 32.1. The second-order valence-corrected chi connectivity index (χ2v) is 8.42. The summed E-state index contributed by atoms with van der Waals surface area (Å²) in [4.78, 5) is 24.1. The van der Waals surface area contributed by atoms with Crippen LogP contribution >= 0.6 is 11.3 Å². The zero-order valence-corrected chi connectivity index (χ0v) is 17.0. The number of carbonyl (C=O) groups excluding carboxylic acids is 1. The molecule has 0 spiro atoms. The molecule has 0 unspecified atom stereocenters. The number of ether oxygens (including phenoxy) is 1. The van der Waals surface area contributed by atoms with Crippen molar-refractivity contribution in [3.8, 4) is 10.6 Å². The van der Waals surface area contributed by atoms with Gasteiger partial charge in [0.05, 0.1) is 18.7 Å². The summed E-state index contributed by atoms with van der Waals surface area (Å²) in [6, 6.07) is 10.1. The highest BCUT2D eigenvalue weighted by molar-refractivity contribution is 7.13. The molecule has 150 valence electrons. The molecule has 7 heteroatoms. The fraction of sp³-hybridized carbons (Fsp3) is 0.409. The van der Waals surface area contributed by atoms with Crippen LogP contribution in [0.5, 0.6) is 0 Å². The van der Waals surface area contributed by atoms with Crippen LogP contribution in [-0.4, -0.2) is 40.5 Å². The molecule has 0 bridgehead atoms. The van der Waals surface area contributed by atoms with Crippen molar-refractivity contribution in [3.05, 3.63) is 58.8 Å². The zero-order chi connectivity index (χ0) is 19.6. The summed E-state index contributed by atoms with van der Waals surface area (Å²) in [6.07, 6.45) is 2.96. The Balaban J connectivity index is 1.24. The average molecular weight is 410 g/mol. The van der Waals surface area contributed by atoms with Gasteiger partial charge in [0.2, 0.25) is 5.91 Å². The number of carbonyl (C=O) groups is 1. The van der Waals surface area contributed by atoms with E-state index in [1.807, 2.05) is 40.6 Å². The maximum Gasteiger partial charge on any atom is 0.228 e. The van der Waals surface area contributed by atoms with Crippen LogP contribution in [0.4, 0.5) is 0 Å². The maximum atomic E-state index is 12.8. The van der Waals surface area contributed by atoms with E-state index in [2.05, 4.69) is 4.98 Å². The minimum atomic E-state index is 0.0937. The van der Waals surface area contributed by atoms with E-state index >= 15 is 0 Å². The van der Waals surface area contributed by atoms with Gasteiger partial charge in [0, 0.05) is 43.0 Å². The summed E-state index contributed by atoms with van der Waals surface area (Å²) in [7, 11) is 0. The SMILES string of the molecule is O=C(Cc1csc(-c2ccccc2)n1)N1CCc2oc(C3CCOCC3)nc2C1. The van der Waals surface area contributed by atoms with E-state index in [4.69, 9.17) is 14.1 Å². The highest BCUT2D eigenvalue weighted by Gasteiger charge is 2.29. The van der Waals surface area contributed by atoms with E-state index in [-0.39, 0.29) is 5.91 Å². The number of thiazole rings is 1. The Hall–Kier alpha value is -2.51. The van der Waals surface area contributed by atoms with Crippen molar-refractivity contribution in [1.29, 1.82) is 0 Å². The predicted molar refractivity (Wildman–Crippen MR) is 110 cm³/mol. The zero-order valence-electron chi connectivity index (χ0n) is 16.2. The molecule has 0 atom stereocenters. The minimum Gasteiger partial charge on any atom is -0.445 e.